The van der Waals surface area contributed by atoms with Gasteiger partial charge in [-0.3, -0.25) is 5.32 Å². The van der Waals surface area contributed by atoms with Crippen LogP contribution in [0.25, 0.3) is 0 Å². The second kappa shape index (κ2) is 11.2. The molecule has 4 heteroatoms. The molecular formula is C19H32N2O2. The van der Waals surface area contributed by atoms with Crippen LogP contribution in [0.4, 0.5) is 0 Å². The zero-order valence-electron chi connectivity index (χ0n) is 15.0. The number of benzene rings is 1. The van der Waals surface area contributed by atoms with Gasteiger partial charge >= 0.3 is 5.97 Å². The van der Waals surface area contributed by atoms with E-state index in [9.17, 15) is 4.79 Å². The van der Waals surface area contributed by atoms with Crippen molar-refractivity contribution in [3.8, 4) is 0 Å². The van der Waals surface area contributed by atoms with Gasteiger partial charge in [-0.15, -0.1) is 0 Å². The number of carbonyl (C=O) groups excluding carboxylic acids is 1. The number of rotatable bonds is 11. The van der Waals surface area contributed by atoms with Crippen LogP contribution in [0.5, 0.6) is 0 Å². The molecule has 0 saturated heterocycles. The van der Waals surface area contributed by atoms with Crippen molar-refractivity contribution < 1.29 is 9.53 Å². The largest absolute Gasteiger partial charge is 0.464 e. The molecule has 0 heterocycles. The maximum Gasteiger partial charge on any atom is 0.327 e. The molecule has 1 rings (SSSR count). The van der Waals surface area contributed by atoms with E-state index in [2.05, 4.69) is 37.9 Å². The first-order valence-corrected chi connectivity index (χ1v) is 8.79. The third-order valence-electron chi connectivity index (χ3n) is 4.25. The van der Waals surface area contributed by atoms with Gasteiger partial charge in [-0.1, -0.05) is 64.4 Å². The Labute approximate surface area is 141 Å². The third kappa shape index (κ3) is 7.14. The Bertz CT molecular complexity index is 432. The van der Waals surface area contributed by atoms with Gasteiger partial charge < -0.3 is 9.64 Å². The molecule has 130 valence electrons. The fourth-order valence-corrected chi connectivity index (χ4v) is 2.32. The summed E-state index contributed by atoms with van der Waals surface area (Å²) in [7, 11) is 0. The first kappa shape index (κ1) is 19.7. The molecule has 23 heavy (non-hydrogen) atoms. The first-order valence-electron chi connectivity index (χ1n) is 8.79. The van der Waals surface area contributed by atoms with E-state index in [0.29, 0.717) is 12.5 Å². The number of hydrogen-bond acceptors (Lipinski definition) is 4. The van der Waals surface area contributed by atoms with E-state index in [4.69, 9.17) is 4.74 Å². The number of hydrogen-bond donors (Lipinski definition) is 1. The molecule has 0 aromatic heterocycles. The Morgan fingerprint density at radius 3 is 2.39 bits per heavy atom. The van der Waals surface area contributed by atoms with Crippen LogP contribution in [0, 0.1) is 5.92 Å². The van der Waals surface area contributed by atoms with Crippen molar-refractivity contribution >= 4 is 5.97 Å². The van der Waals surface area contributed by atoms with Gasteiger partial charge in [-0.25, -0.2) is 4.79 Å². The molecule has 0 aliphatic carbocycles. The molecule has 0 fully saturated rings. The molecule has 1 aromatic carbocycles. The van der Waals surface area contributed by atoms with E-state index in [1.165, 1.54) is 0 Å². The van der Waals surface area contributed by atoms with Crippen LogP contribution in [-0.2, 0) is 9.53 Å². The lowest BCUT2D eigenvalue weighted by molar-refractivity contribution is -0.147. The van der Waals surface area contributed by atoms with Gasteiger partial charge in [-0.2, -0.15) is 0 Å². The molecule has 0 amide bonds. The summed E-state index contributed by atoms with van der Waals surface area (Å²) in [5.74, 6) is 0.210. The fourth-order valence-electron chi connectivity index (χ4n) is 2.32. The van der Waals surface area contributed by atoms with Crippen LogP contribution in [0.15, 0.2) is 30.3 Å². The highest BCUT2D eigenvalue weighted by Gasteiger charge is 2.22. The summed E-state index contributed by atoms with van der Waals surface area (Å²) < 4.78 is 5.51. The van der Waals surface area contributed by atoms with Crippen LogP contribution in [0.2, 0.25) is 0 Å². The second-order valence-electron chi connectivity index (χ2n) is 5.97. The molecule has 4 nitrogen and oxygen atoms in total. The Kier molecular flexibility index (Phi) is 9.57. The van der Waals surface area contributed by atoms with Crippen molar-refractivity contribution in [2.24, 2.45) is 5.92 Å². The summed E-state index contributed by atoms with van der Waals surface area (Å²) in [6.45, 7) is 12.7. The van der Waals surface area contributed by atoms with E-state index in [1.807, 2.05) is 30.3 Å². The van der Waals surface area contributed by atoms with Crippen molar-refractivity contribution in [2.45, 2.75) is 40.2 Å². The number of likely N-dealkylation sites (N-methyl/N-ethyl adjacent to an activating group) is 1. The number of ether oxygens (including phenoxy) is 1. The van der Waals surface area contributed by atoms with Gasteiger partial charge in [0.1, 0.15) is 6.04 Å². The van der Waals surface area contributed by atoms with Gasteiger partial charge in [0.2, 0.25) is 0 Å². The lowest BCUT2D eigenvalue weighted by atomic mass is 10.1. The Morgan fingerprint density at radius 1 is 1.17 bits per heavy atom. The van der Waals surface area contributed by atoms with Gasteiger partial charge in [-0.05, 0) is 24.6 Å². The van der Waals surface area contributed by atoms with Crippen LogP contribution in [-0.4, -0.2) is 43.7 Å². The van der Waals surface area contributed by atoms with E-state index < -0.39 is 6.04 Å². The average molecular weight is 320 g/mol. The molecule has 0 radical (unpaired) electrons. The topological polar surface area (TPSA) is 41.6 Å². The molecule has 1 aromatic rings. The van der Waals surface area contributed by atoms with E-state index in [0.717, 1.165) is 38.2 Å². The lowest BCUT2D eigenvalue weighted by Gasteiger charge is -2.22. The smallest absolute Gasteiger partial charge is 0.327 e. The Hall–Kier alpha value is -1.39. The van der Waals surface area contributed by atoms with Crippen molar-refractivity contribution in [3.63, 3.8) is 0 Å². The van der Waals surface area contributed by atoms with Crippen molar-refractivity contribution in [3.05, 3.63) is 35.9 Å². The molecule has 0 spiro atoms. The molecule has 2 unspecified atom stereocenters. The lowest BCUT2D eigenvalue weighted by Crippen LogP contribution is -2.37. The molecular weight excluding hydrogens is 288 g/mol. The number of carbonyl (C=O) groups is 1. The van der Waals surface area contributed by atoms with Crippen LogP contribution in [0.1, 0.15) is 45.7 Å². The quantitative estimate of drug-likeness (QED) is 0.636. The van der Waals surface area contributed by atoms with Gasteiger partial charge in [0.05, 0.1) is 6.61 Å². The highest BCUT2D eigenvalue weighted by atomic mass is 16.5. The minimum Gasteiger partial charge on any atom is -0.464 e. The predicted octanol–water partition coefficient (Wildman–Crippen LogP) is 3.25. The van der Waals surface area contributed by atoms with E-state index in [-0.39, 0.29) is 5.97 Å². The second-order valence-corrected chi connectivity index (χ2v) is 5.97. The van der Waals surface area contributed by atoms with Crippen LogP contribution in [0.3, 0.4) is 0 Å². The molecule has 1 N–H and O–H groups in total. The van der Waals surface area contributed by atoms with Gasteiger partial charge in [0.15, 0.2) is 0 Å². The van der Waals surface area contributed by atoms with E-state index in [1.54, 1.807) is 0 Å². The molecule has 0 saturated carbocycles. The standard InChI is InChI=1S/C19H32N2O2/c1-5-16(4)15-23-19(22)18(17-11-9-8-10-12-17)20-13-14-21(6-2)7-3/h8-12,16,18,20H,5-7,13-15H2,1-4H3. The van der Waals surface area contributed by atoms with Gasteiger partial charge in [0, 0.05) is 13.1 Å². The minimum absolute atomic E-state index is 0.184. The number of nitrogens with zero attached hydrogens (tertiary/aromatic N) is 1. The van der Waals surface area contributed by atoms with Crippen molar-refractivity contribution in [1.29, 1.82) is 0 Å². The summed E-state index contributed by atoms with van der Waals surface area (Å²) in [5.41, 5.74) is 0.959. The summed E-state index contributed by atoms with van der Waals surface area (Å²) in [4.78, 5) is 14.8. The normalized spacial score (nSPS) is 13.8. The zero-order valence-corrected chi connectivity index (χ0v) is 15.0. The number of nitrogens with one attached hydrogen (secondary N) is 1. The highest BCUT2D eigenvalue weighted by Crippen LogP contribution is 2.15. The average Bonchev–Trinajstić information content (AvgIpc) is 2.60. The summed E-state index contributed by atoms with van der Waals surface area (Å²) in [6, 6.07) is 9.42. The summed E-state index contributed by atoms with van der Waals surface area (Å²) in [6.07, 6.45) is 1.01. The monoisotopic (exact) mass is 320 g/mol. The Balaban J connectivity index is 2.64. The Morgan fingerprint density at radius 2 is 1.83 bits per heavy atom. The van der Waals surface area contributed by atoms with Crippen LogP contribution >= 0.6 is 0 Å². The maximum absolute atomic E-state index is 12.5. The van der Waals surface area contributed by atoms with Crippen LogP contribution < -0.4 is 5.32 Å². The van der Waals surface area contributed by atoms with E-state index >= 15 is 0 Å². The predicted molar refractivity (Wildman–Crippen MR) is 95.4 cm³/mol. The van der Waals surface area contributed by atoms with Crippen molar-refractivity contribution in [1.82, 2.24) is 10.2 Å². The first-order chi connectivity index (χ1) is 11.1. The highest BCUT2D eigenvalue weighted by molar-refractivity contribution is 5.77. The minimum atomic E-state index is -0.393. The summed E-state index contributed by atoms with van der Waals surface area (Å²) >= 11 is 0. The molecule has 0 aliphatic rings. The summed E-state index contributed by atoms with van der Waals surface area (Å²) in [5, 5.41) is 3.36. The van der Waals surface area contributed by atoms with Crippen molar-refractivity contribution in [2.75, 3.05) is 32.8 Å². The zero-order chi connectivity index (χ0) is 17.1. The molecule has 2 atom stereocenters. The molecule has 0 aliphatic heterocycles. The third-order valence-corrected chi connectivity index (χ3v) is 4.25. The van der Waals surface area contributed by atoms with Gasteiger partial charge in [0.25, 0.3) is 0 Å². The molecule has 0 bridgehead atoms. The number of esters is 1. The SMILES string of the molecule is CCC(C)COC(=O)C(NCCN(CC)CC)c1ccccc1. The fraction of sp³-hybridized carbons (Fsp3) is 0.632. The maximum atomic E-state index is 12.5.